The van der Waals surface area contributed by atoms with Crippen LogP contribution in [0.15, 0.2) is 53.0 Å². The van der Waals surface area contributed by atoms with Gasteiger partial charge in [-0.25, -0.2) is 4.79 Å². The third-order valence-electron chi connectivity index (χ3n) is 2.77. The minimum Gasteiger partial charge on any atom is -0.478 e. The van der Waals surface area contributed by atoms with E-state index in [2.05, 4.69) is 21.2 Å². The summed E-state index contributed by atoms with van der Waals surface area (Å²) in [5.74, 6) is -1.57. The summed E-state index contributed by atoms with van der Waals surface area (Å²) in [7, 11) is 0. The SMILES string of the molecule is O=C(C=Cc1ccc(Br)cc1)Nc1cc(Cl)ccc1C(=O)O. The maximum Gasteiger partial charge on any atom is 0.337 e. The molecule has 0 fully saturated rings. The van der Waals surface area contributed by atoms with E-state index in [4.69, 9.17) is 16.7 Å². The summed E-state index contributed by atoms with van der Waals surface area (Å²) < 4.78 is 0.944. The number of anilines is 1. The second kappa shape index (κ2) is 7.24. The Balaban J connectivity index is 2.13. The van der Waals surface area contributed by atoms with Crippen molar-refractivity contribution in [2.24, 2.45) is 0 Å². The number of carboxylic acid groups (broad SMARTS) is 1. The quantitative estimate of drug-likeness (QED) is 0.770. The Labute approximate surface area is 140 Å². The van der Waals surface area contributed by atoms with Crippen LogP contribution < -0.4 is 5.32 Å². The molecule has 0 aliphatic heterocycles. The minimum absolute atomic E-state index is 0.0187. The molecule has 0 unspecified atom stereocenters. The highest BCUT2D eigenvalue weighted by atomic mass is 79.9. The number of carboxylic acids is 1. The number of benzene rings is 2. The Kier molecular flexibility index (Phi) is 5.35. The highest BCUT2D eigenvalue weighted by Crippen LogP contribution is 2.21. The van der Waals surface area contributed by atoms with Crippen LogP contribution >= 0.6 is 27.5 Å². The molecular weight excluding hydrogens is 370 g/mol. The molecule has 0 aromatic heterocycles. The summed E-state index contributed by atoms with van der Waals surface area (Å²) in [6, 6.07) is 11.6. The van der Waals surface area contributed by atoms with E-state index >= 15 is 0 Å². The summed E-state index contributed by atoms with van der Waals surface area (Å²) in [5.41, 5.74) is 0.989. The third kappa shape index (κ3) is 4.44. The predicted molar refractivity (Wildman–Crippen MR) is 90.2 cm³/mol. The van der Waals surface area contributed by atoms with Crippen molar-refractivity contribution in [1.82, 2.24) is 0 Å². The van der Waals surface area contributed by atoms with E-state index in [-0.39, 0.29) is 11.3 Å². The monoisotopic (exact) mass is 379 g/mol. The van der Waals surface area contributed by atoms with Crippen LogP contribution in [0.5, 0.6) is 0 Å². The van der Waals surface area contributed by atoms with Gasteiger partial charge in [0.15, 0.2) is 0 Å². The number of aromatic carboxylic acids is 1. The standard InChI is InChI=1S/C16H11BrClNO3/c17-11-4-1-10(2-5-11)3-8-15(20)19-14-9-12(18)6-7-13(14)16(21)22/h1-9H,(H,19,20)(H,21,22). The summed E-state index contributed by atoms with van der Waals surface area (Å²) in [5, 5.41) is 11.9. The molecule has 0 aliphatic carbocycles. The molecule has 0 saturated heterocycles. The number of hydrogen-bond acceptors (Lipinski definition) is 2. The first-order valence-corrected chi connectivity index (χ1v) is 7.40. The molecule has 2 aromatic carbocycles. The third-order valence-corrected chi connectivity index (χ3v) is 3.53. The van der Waals surface area contributed by atoms with Gasteiger partial charge in [-0.15, -0.1) is 0 Å². The van der Waals surface area contributed by atoms with Gasteiger partial charge in [-0.05, 0) is 42.0 Å². The lowest BCUT2D eigenvalue weighted by Crippen LogP contribution is -2.12. The fourth-order valence-corrected chi connectivity index (χ4v) is 2.16. The maximum absolute atomic E-state index is 11.9. The molecule has 0 saturated carbocycles. The zero-order valence-corrected chi connectivity index (χ0v) is 13.6. The molecule has 0 spiro atoms. The Morgan fingerprint density at radius 2 is 1.82 bits per heavy atom. The van der Waals surface area contributed by atoms with Crippen LogP contribution in [-0.2, 0) is 4.79 Å². The highest BCUT2D eigenvalue weighted by molar-refractivity contribution is 9.10. The van der Waals surface area contributed by atoms with Crippen LogP contribution in [0.25, 0.3) is 6.08 Å². The van der Waals surface area contributed by atoms with Crippen LogP contribution in [0.2, 0.25) is 5.02 Å². The number of nitrogens with one attached hydrogen (secondary N) is 1. The summed E-state index contributed by atoms with van der Waals surface area (Å²) in [6.45, 7) is 0. The summed E-state index contributed by atoms with van der Waals surface area (Å²) in [6.07, 6.45) is 2.96. The Bertz CT molecular complexity index is 742. The van der Waals surface area contributed by atoms with Crippen molar-refractivity contribution in [3.05, 3.63) is 69.2 Å². The van der Waals surface area contributed by atoms with Gasteiger partial charge in [0, 0.05) is 15.6 Å². The van der Waals surface area contributed by atoms with Gasteiger partial charge in [0.1, 0.15) is 0 Å². The molecule has 1 amide bonds. The first-order valence-electron chi connectivity index (χ1n) is 6.23. The molecule has 0 atom stereocenters. The van der Waals surface area contributed by atoms with Gasteiger partial charge in [0.25, 0.3) is 0 Å². The molecule has 6 heteroatoms. The van der Waals surface area contributed by atoms with Crippen LogP contribution in [0.3, 0.4) is 0 Å². The largest absolute Gasteiger partial charge is 0.478 e. The van der Waals surface area contributed by atoms with Crippen molar-refractivity contribution in [3.63, 3.8) is 0 Å². The normalized spacial score (nSPS) is 10.6. The molecule has 0 heterocycles. The lowest BCUT2D eigenvalue weighted by atomic mass is 10.1. The molecule has 22 heavy (non-hydrogen) atoms. The molecule has 2 N–H and O–H groups in total. The van der Waals surface area contributed by atoms with Crippen LogP contribution in [-0.4, -0.2) is 17.0 Å². The Morgan fingerprint density at radius 3 is 2.45 bits per heavy atom. The number of carbonyl (C=O) groups is 2. The van der Waals surface area contributed by atoms with E-state index in [0.29, 0.717) is 5.02 Å². The van der Waals surface area contributed by atoms with Crippen molar-refractivity contribution in [3.8, 4) is 0 Å². The van der Waals surface area contributed by atoms with E-state index < -0.39 is 11.9 Å². The molecule has 2 rings (SSSR count). The number of rotatable bonds is 4. The summed E-state index contributed by atoms with van der Waals surface area (Å²) >= 11 is 9.15. The van der Waals surface area contributed by atoms with Crippen molar-refractivity contribution < 1.29 is 14.7 Å². The van der Waals surface area contributed by atoms with Gasteiger partial charge in [-0.1, -0.05) is 39.7 Å². The predicted octanol–water partition coefficient (Wildman–Crippen LogP) is 4.45. The lowest BCUT2D eigenvalue weighted by Gasteiger charge is -2.07. The zero-order chi connectivity index (χ0) is 16.1. The second-order valence-electron chi connectivity index (χ2n) is 4.37. The van der Waals surface area contributed by atoms with Crippen molar-refractivity contribution in [2.45, 2.75) is 0 Å². The fraction of sp³-hybridized carbons (Fsp3) is 0. The van der Waals surface area contributed by atoms with Crippen molar-refractivity contribution in [1.29, 1.82) is 0 Å². The van der Waals surface area contributed by atoms with E-state index in [1.807, 2.05) is 24.3 Å². The highest BCUT2D eigenvalue weighted by Gasteiger charge is 2.11. The first kappa shape index (κ1) is 16.3. The Hall–Kier alpha value is -2.11. The van der Waals surface area contributed by atoms with Gasteiger partial charge >= 0.3 is 5.97 Å². The van der Waals surface area contributed by atoms with Crippen molar-refractivity contribution >= 4 is 51.2 Å². The molecule has 2 aromatic rings. The second-order valence-corrected chi connectivity index (χ2v) is 5.72. The van der Waals surface area contributed by atoms with Crippen LogP contribution in [0, 0.1) is 0 Å². The van der Waals surface area contributed by atoms with Gasteiger partial charge in [-0.3, -0.25) is 4.79 Å². The number of hydrogen-bond donors (Lipinski definition) is 2. The van der Waals surface area contributed by atoms with E-state index in [1.54, 1.807) is 6.08 Å². The van der Waals surface area contributed by atoms with Crippen LogP contribution in [0.1, 0.15) is 15.9 Å². The molecule has 0 radical (unpaired) electrons. The zero-order valence-electron chi connectivity index (χ0n) is 11.2. The maximum atomic E-state index is 11.9. The topological polar surface area (TPSA) is 66.4 Å². The number of carbonyl (C=O) groups excluding carboxylic acids is 1. The summed E-state index contributed by atoms with van der Waals surface area (Å²) in [4.78, 5) is 23.0. The number of halogens is 2. The van der Waals surface area contributed by atoms with E-state index in [9.17, 15) is 9.59 Å². The van der Waals surface area contributed by atoms with Gasteiger partial charge in [-0.2, -0.15) is 0 Å². The Morgan fingerprint density at radius 1 is 1.14 bits per heavy atom. The van der Waals surface area contributed by atoms with Crippen LogP contribution in [0.4, 0.5) is 5.69 Å². The van der Waals surface area contributed by atoms with Gasteiger partial charge in [0.05, 0.1) is 11.3 Å². The smallest absolute Gasteiger partial charge is 0.337 e. The average Bonchev–Trinajstić information content (AvgIpc) is 2.46. The first-order chi connectivity index (χ1) is 10.5. The lowest BCUT2D eigenvalue weighted by molar-refractivity contribution is -0.111. The molecular formula is C16H11BrClNO3. The van der Waals surface area contributed by atoms with Gasteiger partial charge in [0.2, 0.25) is 5.91 Å². The van der Waals surface area contributed by atoms with Gasteiger partial charge < -0.3 is 10.4 Å². The molecule has 4 nitrogen and oxygen atoms in total. The van der Waals surface area contributed by atoms with E-state index in [1.165, 1.54) is 24.3 Å². The van der Waals surface area contributed by atoms with Crippen molar-refractivity contribution in [2.75, 3.05) is 5.32 Å². The van der Waals surface area contributed by atoms with E-state index in [0.717, 1.165) is 10.0 Å². The molecule has 112 valence electrons. The number of amides is 1. The molecule has 0 bridgehead atoms. The minimum atomic E-state index is -1.14. The molecule has 0 aliphatic rings. The average molecular weight is 381 g/mol. The fourth-order valence-electron chi connectivity index (χ4n) is 1.73.